The van der Waals surface area contributed by atoms with Crippen molar-refractivity contribution in [3.8, 4) is 0 Å². The Labute approximate surface area is 178 Å². The Morgan fingerprint density at radius 3 is 2.37 bits per heavy atom. The zero-order valence-corrected chi connectivity index (χ0v) is 18.1. The highest BCUT2D eigenvalue weighted by Gasteiger charge is 2.42. The van der Waals surface area contributed by atoms with Gasteiger partial charge in [0.05, 0.1) is 23.5 Å². The highest BCUT2D eigenvalue weighted by Crippen LogP contribution is 2.42. The first kappa shape index (κ1) is 21.0. The molecule has 1 aliphatic heterocycles. The predicted octanol–water partition coefficient (Wildman–Crippen LogP) is 3.47. The summed E-state index contributed by atoms with van der Waals surface area (Å²) in [5.74, 6) is -0.0650. The summed E-state index contributed by atoms with van der Waals surface area (Å²) < 4.78 is 33.0. The number of carbonyl (C=O) groups is 1. The second-order valence-electron chi connectivity index (χ2n) is 8.11. The van der Waals surface area contributed by atoms with Crippen LogP contribution >= 0.6 is 0 Å². The average Bonchev–Trinajstić information content (AvgIpc) is 3.27. The van der Waals surface area contributed by atoms with E-state index in [4.69, 9.17) is 4.74 Å². The van der Waals surface area contributed by atoms with Gasteiger partial charge in [-0.05, 0) is 43.0 Å². The number of nitrogens with one attached hydrogen (secondary N) is 1. The normalized spacial score (nSPS) is 19.5. The van der Waals surface area contributed by atoms with Crippen LogP contribution in [0.25, 0.3) is 0 Å². The van der Waals surface area contributed by atoms with Gasteiger partial charge in [0.15, 0.2) is 0 Å². The van der Waals surface area contributed by atoms with Gasteiger partial charge in [-0.1, -0.05) is 49.2 Å². The van der Waals surface area contributed by atoms with Crippen molar-refractivity contribution < 1.29 is 17.9 Å². The zero-order valence-electron chi connectivity index (χ0n) is 17.3. The minimum Gasteiger partial charge on any atom is -0.379 e. The maximum Gasteiger partial charge on any atom is 0.243 e. The van der Waals surface area contributed by atoms with Crippen molar-refractivity contribution in [1.82, 2.24) is 4.31 Å². The van der Waals surface area contributed by atoms with Crippen LogP contribution in [0.1, 0.15) is 36.8 Å². The van der Waals surface area contributed by atoms with Crippen LogP contribution in [0.5, 0.6) is 0 Å². The minimum absolute atomic E-state index is 0.0650. The van der Waals surface area contributed by atoms with Crippen molar-refractivity contribution in [3.05, 3.63) is 59.7 Å². The van der Waals surface area contributed by atoms with Gasteiger partial charge >= 0.3 is 0 Å². The Balaban J connectivity index is 1.62. The lowest BCUT2D eigenvalue weighted by Gasteiger charge is -2.29. The molecule has 7 heteroatoms. The van der Waals surface area contributed by atoms with Crippen molar-refractivity contribution >= 4 is 21.6 Å². The van der Waals surface area contributed by atoms with Crippen LogP contribution in [0.4, 0.5) is 5.69 Å². The molecule has 2 aromatic rings. The van der Waals surface area contributed by atoms with Gasteiger partial charge in [0, 0.05) is 18.8 Å². The number of amides is 1. The number of aryl methyl sites for hydroxylation is 1. The van der Waals surface area contributed by atoms with E-state index in [1.807, 2.05) is 30.3 Å². The second-order valence-corrected chi connectivity index (χ2v) is 10.0. The van der Waals surface area contributed by atoms with Crippen LogP contribution in [-0.4, -0.2) is 44.9 Å². The van der Waals surface area contributed by atoms with Gasteiger partial charge in [-0.3, -0.25) is 4.79 Å². The van der Waals surface area contributed by atoms with Gasteiger partial charge in [-0.15, -0.1) is 0 Å². The largest absolute Gasteiger partial charge is 0.379 e. The summed E-state index contributed by atoms with van der Waals surface area (Å²) in [4.78, 5) is 13.6. The number of hydrogen-bond donors (Lipinski definition) is 1. The number of sulfonamides is 1. The highest BCUT2D eigenvalue weighted by molar-refractivity contribution is 7.89. The molecular weight excluding hydrogens is 400 g/mol. The van der Waals surface area contributed by atoms with Gasteiger partial charge in [-0.2, -0.15) is 4.31 Å². The topological polar surface area (TPSA) is 75.7 Å². The second kappa shape index (κ2) is 8.49. The maximum absolute atomic E-state index is 13.4. The molecule has 0 unspecified atom stereocenters. The summed E-state index contributed by atoms with van der Waals surface area (Å²) in [5.41, 5.74) is 1.64. The molecule has 1 saturated carbocycles. The maximum atomic E-state index is 13.4. The van der Waals surface area contributed by atoms with Crippen LogP contribution in [-0.2, 0) is 25.0 Å². The minimum atomic E-state index is -3.64. The first-order chi connectivity index (χ1) is 14.4. The molecule has 4 rings (SSSR count). The molecular formula is C23H28N2O4S. The molecule has 1 heterocycles. The molecule has 0 atom stereocenters. The number of ether oxygens (including phenoxy) is 1. The predicted molar refractivity (Wildman–Crippen MR) is 116 cm³/mol. The smallest absolute Gasteiger partial charge is 0.243 e. The summed E-state index contributed by atoms with van der Waals surface area (Å²) >= 11 is 0. The molecule has 0 radical (unpaired) electrons. The Hall–Kier alpha value is -2.22. The SMILES string of the molecule is Cc1ccc(NC(=O)C2(c3ccccc3)CCCC2)cc1S(=O)(=O)N1CCOCC1. The number of nitrogens with zero attached hydrogens (tertiary/aromatic N) is 1. The van der Waals surface area contributed by atoms with Gasteiger partial charge < -0.3 is 10.1 Å². The Morgan fingerprint density at radius 2 is 1.70 bits per heavy atom. The number of anilines is 1. The molecule has 1 saturated heterocycles. The molecule has 1 N–H and O–H groups in total. The summed E-state index contributed by atoms with van der Waals surface area (Å²) in [6, 6.07) is 15.0. The first-order valence-corrected chi connectivity index (χ1v) is 11.9. The van der Waals surface area contributed by atoms with Gasteiger partial charge in [0.2, 0.25) is 15.9 Å². The van der Waals surface area contributed by atoms with Crippen molar-refractivity contribution in [1.29, 1.82) is 0 Å². The number of rotatable bonds is 5. The van der Waals surface area contributed by atoms with Crippen molar-refractivity contribution in [2.75, 3.05) is 31.6 Å². The van der Waals surface area contributed by atoms with Crippen LogP contribution in [0.3, 0.4) is 0 Å². The molecule has 2 aromatic carbocycles. The lowest BCUT2D eigenvalue weighted by atomic mass is 9.78. The van der Waals surface area contributed by atoms with Gasteiger partial charge in [0.25, 0.3) is 0 Å². The van der Waals surface area contributed by atoms with E-state index in [-0.39, 0.29) is 10.8 Å². The van der Waals surface area contributed by atoms with E-state index in [0.717, 1.165) is 31.2 Å². The molecule has 6 nitrogen and oxygen atoms in total. The molecule has 2 fully saturated rings. The van der Waals surface area contributed by atoms with Crippen molar-refractivity contribution in [2.45, 2.75) is 42.9 Å². The van der Waals surface area contributed by atoms with Crippen LogP contribution in [0.2, 0.25) is 0 Å². The number of morpholine rings is 1. The molecule has 0 spiro atoms. The van der Waals surface area contributed by atoms with Crippen molar-refractivity contribution in [2.24, 2.45) is 0 Å². The van der Waals surface area contributed by atoms with Crippen molar-refractivity contribution in [3.63, 3.8) is 0 Å². The fourth-order valence-electron chi connectivity index (χ4n) is 4.52. The average molecular weight is 429 g/mol. The van der Waals surface area contributed by atoms with E-state index in [2.05, 4.69) is 5.32 Å². The molecule has 1 aliphatic carbocycles. The third-order valence-electron chi connectivity index (χ3n) is 6.25. The lowest BCUT2D eigenvalue weighted by molar-refractivity contribution is -0.121. The monoisotopic (exact) mass is 428 g/mol. The summed E-state index contributed by atoms with van der Waals surface area (Å²) in [6.45, 7) is 3.26. The van der Waals surface area contributed by atoms with E-state index in [0.29, 0.717) is 37.6 Å². The fourth-order valence-corrected chi connectivity index (χ4v) is 6.17. The number of benzene rings is 2. The van der Waals surface area contributed by atoms with Gasteiger partial charge in [0.1, 0.15) is 0 Å². The van der Waals surface area contributed by atoms with E-state index >= 15 is 0 Å². The molecule has 2 aliphatic rings. The Kier molecular flexibility index (Phi) is 5.95. The van der Waals surface area contributed by atoms with E-state index in [1.54, 1.807) is 25.1 Å². The molecule has 30 heavy (non-hydrogen) atoms. The Morgan fingerprint density at radius 1 is 1.03 bits per heavy atom. The van der Waals surface area contributed by atoms with E-state index in [1.165, 1.54) is 4.31 Å². The third-order valence-corrected chi connectivity index (χ3v) is 8.29. The van der Waals surface area contributed by atoms with Crippen LogP contribution in [0, 0.1) is 6.92 Å². The standard InChI is InChI=1S/C23H28N2O4S/c1-18-9-10-20(17-21(18)30(27,28)25-13-15-29-16-14-25)24-22(26)23(11-5-6-12-23)19-7-3-2-4-8-19/h2-4,7-10,17H,5-6,11-16H2,1H3,(H,24,26). The quantitative estimate of drug-likeness (QED) is 0.791. The van der Waals surface area contributed by atoms with Crippen LogP contribution < -0.4 is 5.32 Å². The lowest BCUT2D eigenvalue weighted by Crippen LogP contribution is -2.41. The van der Waals surface area contributed by atoms with Gasteiger partial charge in [-0.25, -0.2) is 8.42 Å². The molecule has 1 amide bonds. The third kappa shape index (κ3) is 3.89. The highest BCUT2D eigenvalue weighted by atomic mass is 32.2. The zero-order chi connectivity index (χ0) is 21.2. The number of hydrogen-bond acceptors (Lipinski definition) is 4. The summed E-state index contributed by atoms with van der Waals surface area (Å²) in [7, 11) is -3.64. The Bertz CT molecular complexity index is 1010. The summed E-state index contributed by atoms with van der Waals surface area (Å²) in [6.07, 6.45) is 3.61. The summed E-state index contributed by atoms with van der Waals surface area (Å²) in [5, 5.41) is 3.02. The molecule has 0 bridgehead atoms. The van der Waals surface area contributed by atoms with Crippen LogP contribution in [0.15, 0.2) is 53.4 Å². The molecule has 0 aromatic heterocycles. The number of carbonyl (C=O) groups excluding carboxylic acids is 1. The fraction of sp³-hybridized carbons (Fsp3) is 0.435. The first-order valence-electron chi connectivity index (χ1n) is 10.5. The van der Waals surface area contributed by atoms with E-state index in [9.17, 15) is 13.2 Å². The van der Waals surface area contributed by atoms with E-state index < -0.39 is 15.4 Å². The molecule has 160 valence electrons.